The number of rotatable bonds is 6. The molecular formula is C19H26N4O2. The van der Waals surface area contributed by atoms with Crippen molar-refractivity contribution >= 4 is 5.91 Å². The van der Waals surface area contributed by atoms with Gasteiger partial charge in [0.1, 0.15) is 0 Å². The summed E-state index contributed by atoms with van der Waals surface area (Å²) >= 11 is 0. The lowest BCUT2D eigenvalue weighted by atomic mass is 10.0. The Morgan fingerprint density at radius 2 is 2.16 bits per heavy atom. The van der Waals surface area contributed by atoms with Crippen molar-refractivity contribution in [1.82, 2.24) is 19.9 Å². The van der Waals surface area contributed by atoms with Crippen LogP contribution in [-0.4, -0.2) is 51.5 Å². The van der Waals surface area contributed by atoms with Gasteiger partial charge in [-0.1, -0.05) is 42.4 Å². The molecule has 6 nitrogen and oxygen atoms in total. The first-order valence-electron chi connectivity index (χ1n) is 8.86. The molecule has 0 spiro atoms. The lowest BCUT2D eigenvalue weighted by Crippen LogP contribution is -2.40. The number of aromatic nitrogens is 2. The van der Waals surface area contributed by atoms with Gasteiger partial charge in [0.15, 0.2) is 5.82 Å². The Morgan fingerprint density at radius 3 is 2.80 bits per heavy atom. The fourth-order valence-electron chi connectivity index (χ4n) is 3.56. The summed E-state index contributed by atoms with van der Waals surface area (Å²) in [6.45, 7) is 8.96. The zero-order chi connectivity index (χ0) is 17.8. The summed E-state index contributed by atoms with van der Waals surface area (Å²) in [5.41, 5.74) is 1.36. The third-order valence-electron chi connectivity index (χ3n) is 4.87. The van der Waals surface area contributed by atoms with Crippen LogP contribution in [0.25, 0.3) is 0 Å². The molecule has 2 aromatic rings. The van der Waals surface area contributed by atoms with Crippen LogP contribution in [-0.2, 0) is 11.3 Å². The zero-order valence-corrected chi connectivity index (χ0v) is 15.2. The molecule has 134 valence electrons. The van der Waals surface area contributed by atoms with E-state index in [0.29, 0.717) is 24.2 Å². The molecule has 3 rings (SSSR count). The van der Waals surface area contributed by atoms with Crippen LogP contribution in [0.3, 0.4) is 0 Å². The molecule has 1 amide bonds. The fraction of sp³-hybridized carbons (Fsp3) is 0.526. The molecule has 0 bridgehead atoms. The first-order valence-corrected chi connectivity index (χ1v) is 8.86. The number of carbonyl (C=O) groups excluding carboxylic acids is 1. The van der Waals surface area contributed by atoms with Crippen molar-refractivity contribution < 1.29 is 9.32 Å². The molecule has 1 fully saturated rings. The van der Waals surface area contributed by atoms with Gasteiger partial charge in [0.2, 0.25) is 11.8 Å². The topological polar surface area (TPSA) is 62.5 Å². The number of hydrogen-bond acceptors (Lipinski definition) is 5. The van der Waals surface area contributed by atoms with Crippen molar-refractivity contribution in [2.75, 3.05) is 19.6 Å². The van der Waals surface area contributed by atoms with Crippen molar-refractivity contribution in [3.63, 3.8) is 0 Å². The van der Waals surface area contributed by atoms with E-state index in [1.54, 1.807) is 13.8 Å². The normalized spacial score (nSPS) is 19.1. The number of likely N-dealkylation sites (tertiary alicyclic amines) is 1. The number of aryl methyl sites for hydroxylation is 1. The second kappa shape index (κ2) is 7.78. The number of benzene rings is 1. The quantitative estimate of drug-likeness (QED) is 0.807. The molecular weight excluding hydrogens is 316 g/mol. The summed E-state index contributed by atoms with van der Waals surface area (Å²) in [4.78, 5) is 20.7. The second-order valence-corrected chi connectivity index (χ2v) is 6.89. The highest BCUT2D eigenvalue weighted by Gasteiger charge is 2.30. The van der Waals surface area contributed by atoms with Crippen LogP contribution in [0.5, 0.6) is 0 Å². The second-order valence-electron chi connectivity index (χ2n) is 6.89. The van der Waals surface area contributed by atoms with Gasteiger partial charge in [-0.3, -0.25) is 4.79 Å². The predicted molar refractivity (Wildman–Crippen MR) is 95.0 cm³/mol. The number of nitrogens with zero attached hydrogens (tertiary/aromatic N) is 4. The van der Waals surface area contributed by atoms with E-state index in [4.69, 9.17) is 4.52 Å². The molecule has 2 heterocycles. The minimum Gasteiger partial charge on any atom is -0.340 e. The Balaban J connectivity index is 1.59. The van der Waals surface area contributed by atoms with Gasteiger partial charge in [0.25, 0.3) is 0 Å². The van der Waals surface area contributed by atoms with Gasteiger partial charge in [-0.15, -0.1) is 0 Å². The van der Waals surface area contributed by atoms with Gasteiger partial charge in [0.05, 0.1) is 6.54 Å². The highest BCUT2D eigenvalue weighted by Crippen LogP contribution is 2.22. The Bertz CT molecular complexity index is 700. The van der Waals surface area contributed by atoms with Crippen LogP contribution < -0.4 is 0 Å². The molecule has 1 aliphatic rings. The summed E-state index contributed by atoms with van der Waals surface area (Å²) in [6, 6.07) is 10.8. The molecule has 1 saturated heterocycles. The average Bonchev–Trinajstić information content (AvgIpc) is 3.22. The lowest BCUT2D eigenvalue weighted by molar-refractivity contribution is -0.131. The number of amides is 1. The molecule has 0 saturated carbocycles. The first kappa shape index (κ1) is 17.6. The smallest absolute Gasteiger partial charge is 0.223 e. The molecule has 0 N–H and O–H groups in total. The van der Waals surface area contributed by atoms with E-state index in [1.165, 1.54) is 5.56 Å². The van der Waals surface area contributed by atoms with E-state index < -0.39 is 0 Å². The molecule has 0 radical (unpaired) electrons. The Kier molecular flexibility index (Phi) is 5.48. The Morgan fingerprint density at radius 1 is 1.40 bits per heavy atom. The van der Waals surface area contributed by atoms with Crippen LogP contribution in [0.15, 0.2) is 34.9 Å². The van der Waals surface area contributed by atoms with E-state index in [2.05, 4.69) is 46.2 Å². The van der Waals surface area contributed by atoms with Crippen molar-refractivity contribution in [2.24, 2.45) is 0 Å². The predicted octanol–water partition coefficient (Wildman–Crippen LogP) is 2.60. The summed E-state index contributed by atoms with van der Waals surface area (Å²) in [5.74, 6) is 1.64. The maximum atomic E-state index is 12.1. The molecule has 1 aromatic carbocycles. The molecule has 2 atom stereocenters. The summed E-state index contributed by atoms with van der Waals surface area (Å²) in [7, 11) is 0. The van der Waals surface area contributed by atoms with E-state index in [1.807, 2.05) is 11.0 Å². The van der Waals surface area contributed by atoms with Gasteiger partial charge < -0.3 is 14.3 Å². The van der Waals surface area contributed by atoms with Crippen LogP contribution >= 0.6 is 0 Å². The van der Waals surface area contributed by atoms with Gasteiger partial charge in [-0.2, -0.15) is 4.98 Å². The Labute approximate surface area is 148 Å². The van der Waals surface area contributed by atoms with Gasteiger partial charge in [-0.05, 0) is 17.9 Å². The molecule has 6 heteroatoms. The van der Waals surface area contributed by atoms with E-state index >= 15 is 0 Å². The molecule has 25 heavy (non-hydrogen) atoms. The first-order chi connectivity index (χ1) is 12.0. The highest BCUT2D eigenvalue weighted by molar-refractivity contribution is 5.73. The van der Waals surface area contributed by atoms with Crippen LogP contribution in [0.4, 0.5) is 0 Å². The van der Waals surface area contributed by atoms with Gasteiger partial charge in [-0.25, -0.2) is 0 Å². The summed E-state index contributed by atoms with van der Waals surface area (Å²) in [6.07, 6.45) is 0.984. The van der Waals surface area contributed by atoms with Crippen LogP contribution in [0.1, 0.15) is 43.5 Å². The molecule has 0 aliphatic carbocycles. The average molecular weight is 342 g/mol. The third-order valence-corrected chi connectivity index (χ3v) is 4.87. The lowest BCUT2D eigenvalue weighted by Gasteiger charge is -2.27. The third kappa shape index (κ3) is 4.45. The minimum atomic E-state index is 0.0606. The van der Waals surface area contributed by atoms with Crippen LogP contribution in [0, 0.1) is 6.92 Å². The van der Waals surface area contributed by atoms with Crippen molar-refractivity contribution in [3.05, 3.63) is 47.6 Å². The molecule has 1 aromatic heterocycles. The van der Waals surface area contributed by atoms with Gasteiger partial charge in [0, 0.05) is 39.5 Å². The standard InChI is InChI=1S/C19H26N4O2/c1-14(17-7-5-4-6-8-17)11-22-10-9-18(12-22)23(16(3)24)13-19-20-15(2)25-21-19/h4-8,14,18H,9-13H2,1-3H3/t14-,18+/m1/s1. The maximum absolute atomic E-state index is 12.1. The SMILES string of the molecule is CC(=O)N(Cc1noc(C)n1)[C@H]1CCN(C[C@@H](C)c2ccccc2)C1. The fourth-order valence-corrected chi connectivity index (χ4v) is 3.56. The monoisotopic (exact) mass is 342 g/mol. The van der Waals surface area contributed by atoms with Crippen molar-refractivity contribution in [1.29, 1.82) is 0 Å². The largest absolute Gasteiger partial charge is 0.340 e. The summed E-state index contributed by atoms with van der Waals surface area (Å²) < 4.78 is 5.02. The van der Waals surface area contributed by atoms with Gasteiger partial charge >= 0.3 is 0 Å². The van der Waals surface area contributed by atoms with Crippen molar-refractivity contribution in [2.45, 2.75) is 45.7 Å². The van der Waals surface area contributed by atoms with E-state index in [-0.39, 0.29) is 11.9 Å². The minimum absolute atomic E-state index is 0.0606. The van der Waals surface area contributed by atoms with E-state index in [9.17, 15) is 4.79 Å². The zero-order valence-electron chi connectivity index (χ0n) is 15.2. The Hall–Kier alpha value is -2.21. The maximum Gasteiger partial charge on any atom is 0.223 e. The van der Waals surface area contributed by atoms with Crippen LogP contribution in [0.2, 0.25) is 0 Å². The number of carbonyl (C=O) groups is 1. The molecule has 0 unspecified atom stereocenters. The highest BCUT2D eigenvalue weighted by atomic mass is 16.5. The molecule has 1 aliphatic heterocycles. The van der Waals surface area contributed by atoms with E-state index in [0.717, 1.165) is 26.1 Å². The number of hydrogen-bond donors (Lipinski definition) is 0. The van der Waals surface area contributed by atoms with Crippen molar-refractivity contribution in [3.8, 4) is 0 Å². The summed E-state index contributed by atoms with van der Waals surface area (Å²) in [5, 5.41) is 3.92.